The zero-order valence-corrected chi connectivity index (χ0v) is 13.8. The summed E-state index contributed by atoms with van der Waals surface area (Å²) in [5.41, 5.74) is 0. The largest absolute Gasteiger partial charge is 0.481 e. The average molecular weight is 330 g/mol. The Morgan fingerprint density at radius 1 is 0.652 bits per heavy atom. The fourth-order valence-corrected chi connectivity index (χ4v) is 1.96. The number of aliphatic carboxylic acids is 2. The van der Waals surface area contributed by atoms with Gasteiger partial charge in [0.15, 0.2) is 0 Å². The molecular weight excluding hydrogens is 304 g/mol. The van der Waals surface area contributed by atoms with E-state index >= 15 is 0 Å². The van der Waals surface area contributed by atoms with E-state index in [4.69, 9.17) is 10.2 Å². The normalized spacial score (nSPS) is 10.2. The Hall–Kier alpha value is -2.12. The molecule has 0 aromatic heterocycles. The maximum Gasteiger partial charge on any atom is 0.303 e. The first-order valence-corrected chi connectivity index (χ1v) is 7.65. The summed E-state index contributed by atoms with van der Waals surface area (Å²) >= 11 is 0. The van der Waals surface area contributed by atoms with Crippen LogP contribution in [-0.4, -0.2) is 71.0 Å². The number of amides is 2. The summed E-state index contributed by atoms with van der Waals surface area (Å²) < 4.78 is 0. The van der Waals surface area contributed by atoms with E-state index < -0.39 is 11.9 Å². The van der Waals surface area contributed by atoms with Gasteiger partial charge in [-0.05, 0) is 19.3 Å². The van der Waals surface area contributed by atoms with Gasteiger partial charge >= 0.3 is 11.9 Å². The molecule has 0 fully saturated rings. The predicted octanol–water partition coefficient (Wildman–Crippen LogP) is 0.803. The minimum Gasteiger partial charge on any atom is -0.481 e. The molecule has 8 nitrogen and oxygen atoms in total. The van der Waals surface area contributed by atoms with Crippen molar-refractivity contribution in [3.05, 3.63) is 0 Å². The van der Waals surface area contributed by atoms with Crippen molar-refractivity contribution in [2.24, 2.45) is 0 Å². The second-order valence-electron chi connectivity index (χ2n) is 5.48. The number of nitrogens with zero attached hydrogens (tertiary/aromatic N) is 2. The van der Waals surface area contributed by atoms with Crippen LogP contribution in [-0.2, 0) is 19.2 Å². The molecule has 0 aliphatic rings. The second kappa shape index (κ2) is 11.4. The van der Waals surface area contributed by atoms with Gasteiger partial charge in [0.05, 0.1) is 0 Å². The Kier molecular flexibility index (Phi) is 10.4. The number of carboxylic acid groups (broad SMARTS) is 2. The van der Waals surface area contributed by atoms with E-state index in [-0.39, 0.29) is 37.5 Å². The van der Waals surface area contributed by atoms with Crippen molar-refractivity contribution in [1.29, 1.82) is 0 Å². The minimum atomic E-state index is -0.913. The number of carboxylic acids is 2. The summed E-state index contributed by atoms with van der Waals surface area (Å²) in [6.45, 7) is 0.970. The van der Waals surface area contributed by atoms with Crippen LogP contribution in [0.5, 0.6) is 0 Å². The molecule has 0 atom stereocenters. The predicted molar refractivity (Wildman–Crippen MR) is 82.9 cm³/mol. The molecule has 2 amide bonds. The highest BCUT2D eigenvalue weighted by Gasteiger charge is 2.12. The van der Waals surface area contributed by atoms with Crippen LogP contribution in [0.2, 0.25) is 0 Å². The second-order valence-corrected chi connectivity index (χ2v) is 5.48. The lowest BCUT2D eigenvalue weighted by Crippen LogP contribution is -2.32. The molecule has 0 aromatic carbocycles. The van der Waals surface area contributed by atoms with Gasteiger partial charge in [0, 0.05) is 52.9 Å². The van der Waals surface area contributed by atoms with Gasteiger partial charge in [-0.25, -0.2) is 0 Å². The summed E-state index contributed by atoms with van der Waals surface area (Å²) in [4.78, 5) is 47.3. The molecule has 0 spiro atoms. The molecular formula is C15H26N2O6. The van der Waals surface area contributed by atoms with Gasteiger partial charge in [-0.3, -0.25) is 19.2 Å². The zero-order chi connectivity index (χ0) is 17.8. The van der Waals surface area contributed by atoms with Crippen molar-refractivity contribution in [2.75, 3.05) is 27.2 Å². The Balaban J connectivity index is 3.85. The van der Waals surface area contributed by atoms with Crippen molar-refractivity contribution in [3.8, 4) is 0 Å². The first-order chi connectivity index (χ1) is 10.7. The summed E-state index contributed by atoms with van der Waals surface area (Å²) in [5.74, 6) is -2.05. The molecule has 0 heterocycles. The Bertz CT molecular complexity index is 386. The van der Waals surface area contributed by atoms with Crippen LogP contribution < -0.4 is 0 Å². The number of rotatable bonds is 12. The molecule has 0 saturated heterocycles. The van der Waals surface area contributed by atoms with Gasteiger partial charge in [-0.15, -0.1) is 0 Å². The van der Waals surface area contributed by atoms with Crippen molar-refractivity contribution < 1.29 is 29.4 Å². The third-order valence-electron chi connectivity index (χ3n) is 3.40. The van der Waals surface area contributed by atoms with E-state index in [9.17, 15) is 19.2 Å². The van der Waals surface area contributed by atoms with Crippen LogP contribution in [0, 0.1) is 0 Å². The highest BCUT2D eigenvalue weighted by atomic mass is 16.4. The first kappa shape index (κ1) is 20.9. The molecule has 0 saturated carbocycles. The number of carbonyl (C=O) groups is 4. The minimum absolute atomic E-state index is 0.0207. The van der Waals surface area contributed by atoms with Gasteiger partial charge in [0.2, 0.25) is 11.8 Å². The van der Waals surface area contributed by atoms with Gasteiger partial charge in [0.25, 0.3) is 0 Å². The van der Waals surface area contributed by atoms with Gasteiger partial charge < -0.3 is 20.0 Å². The van der Waals surface area contributed by atoms with E-state index in [0.29, 0.717) is 32.4 Å². The third-order valence-corrected chi connectivity index (χ3v) is 3.40. The lowest BCUT2D eigenvalue weighted by molar-refractivity contribution is -0.138. The fraction of sp³-hybridized carbons (Fsp3) is 0.733. The third kappa shape index (κ3) is 11.1. The summed E-state index contributed by atoms with van der Waals surface area (Å²) in [6.07, 6.45) is 1.61. The molecule has 132 valence electrons. The summed E-state index contributed by atoms with van der Waals surface area (Å²) in [7, 11) is 3.30. The maximum absolute atomic E-state index is 11.7. The molecule has 0 aliphatic heterocycles. The number of hydrogen-bond acceptors (Lipinski definition) is 4. The molecule has 0 bridgehead atoms. The van der Waals surface area contributed by atoms with Crippen LogP contribution in [0.3, 0.4) is 0 Å². The van der Waals surface area contributed by atoms with Crippen LogP contribution in [0.15, 0.2) is 0 Å². The standard InChI is InChI=1S/C15H26N2O6/c1-16(12(18)6-3-8-14(20)21)10-5-11-17(2)13(19)7-4-9-15(22)23/h3-11H2,1-2H3,(H,20,21)(H,22,23). The summed E-state index contributed by atoms with van der Waals surface area (Å²) in [6, 6.07) is 0. The average Bonchev–Trinajstić information content (AvgIpc) is 2.45. The molecule has 0 aliphatic carbocycles. The summed E-state index contributed by atoms with van der Waals surface area (Å²) in [5, 5.41) is 17.0. The maximum atomic E-state index is 11.7. The molecule has 2 N–H and O–H groups in total. The molecule has 0 unspecified atom stereocenters. The van der Waals surface area contributed by atoms with Crippen LogP contribution in [0.4, 0.5) is 0 Å². The molecule has 23 heavy (non-hydrogen) atoms. The molecule has 0 radical (unpaired) electrons. The molecule has 0 aromatic rings. The van der Waals surface area contributed by atoms with Crippen LogP contribution in [0.1, 0.15) is 44.9 Å². The van der Waals surface area contributed by atoms with Crippen LogP contribution in [0.25, 0.3) is 0 Å². The van der Waals surface area contributed by atoms with Crippen molar-refractivity contribution in [1.82, 2.24) is 9.80 Å². The highest BCUT2D eigenvalue weighted by Crippen LogP contribution is 2.03. The van der Waals surface area contributed by atoms with E-state index in [2.05, 4.69) is 0 Å². The SMILES string of the molecule is CN(CCCN(C)C(=O)CCCC(=O)O)C(=O)CCCC(=O)O. The molecule has 8 heteroatoms. The lowest BCUT2D eigenvalue weighted by Gasteiger charge is -2.21. The number of hydrogen-bond donors (Lipinski definition) is 2. The Morgan fingerprint density at radius 3 is 1.30 bits per heavy atom. The Labute approximate surface area is 136 Å². The van der Waals surface area contributed by atoms with Crippen molar-refractivity contribution in [3.63, 3.8) is 0 Å². The van der Waals surface area contributed by atoms with Gasteiger partial charge in [-0.2, -0.15) is 0 Å². The zero-order valence-electron chi connectivity index (χ0n) is 13.8. The lowest BCUT2D eigenvalue weighted by atomic mass is 10.2. The topological polar surface area (TPSA) is 115 Å². The van der Waals surface area contributed by atoms with Gasteiger partial charge in [0.1, 0.15) is 0 Å². The van der Waals surface area contributed by atoms with Crippen molar-refractivity contribution in [2.45, 2.75) is 44.9 Å². The Morgan fingerprint density at radius 2 is 1.00 bits per heavy atom. The highest BCUT2D eigenvalue weighted by molar-refractivity contribution is 5.77. The van der Waals surface area contributed by atoms with Crippen LogP contribution >= 0.6 is 0 Å². The quantitative estimate of drug-likeness (QED) is 0.547. The van der Waals surface area contributed by atoms with Gasteiger partial charge in [-0.1, -0.05) is 0 Å². The number of carbonyl (C=O) groups excluding carboxylic acids is 2. The fourth-order valence-electron chi connectivity index (χ4n) is 1.96. The van der Waals surface area contributed by atoms with E-state index in [1.807, 2.05) is 0 Å². The monoisotopic (exact) mass is 330 g/mol. The first-order valence-electron chi connectivity index (χ1n) is 7.65. The van der Waals surface area contributed by atoms with E-state index in [1.165, 1.54) is 9.80 Å². The van der Waals surface area contributed by atoms with E-state index in [1.54, 1.807) is 14.1 Å². The van der Waals surface area contributed by atoms with Crippen molar-refractivity contribution >= 4 is 23.8 Å². The van der Waals surface area contributed by atoms with E-state index in [0.717, 1.165) is 0 Å². The molecule has 0 rings (SSSR count). The smallest absolute Gasteiger partial charge is 0.303 e.